The Kier molecular flexibility index (Phi) is 5.23. The van der Waals surface area contributed by atoms with Crippen molar-refractivity contribution < 1.29 is 14.2 Å². The third kappa shape index (κ3) is 3.54. The summed E-state index contributed by atoms with van der Waals surface area (Å²) >= 11 is 0. The van der Waals surface area contributed by atoms with Gasteiger partial charge in [-0.05, 0) is 44.2 Å². The monoisotopic (exact) mass is 317 g/mol. The summed E-state index contributed by atoms with van der Waals surface area (Å²) in [5, 5.41) is 0. The van der Waals surface area contributed by atoms with Gasteiger partial charge in [-0.15, -0.1) is 0 Å². The predicted molar refractivity (Wildman–Crippen MR) is 90.5 cm³/mol. The lowest BCUT2D eigenvalue weighted by Gasteiger charge is -2.45. The molecule has 2 aliphatic heterocycles. The van der Waals surface area contributed by atoms with Crippen molar-refractivity contribution in [3.63, 3.8) is 0 Å². The van der Waals surface area contributed by atoms with Gasteiger partial charge >= 0.3 is 0 Å². The molecular weight excluding hydrogens is 290 g/mol. The minimum absolute atomic E-state index is 0.0481. The highest BCUT2D eigenvalue weighted by Crippen LogP contribution is 2.34. The van der Waals surface area contributed by atoms with Crippen LogP contribution in [0.4, 0.5) is 0 Å². The first kappa shape index (κ1) is 16.3. The van der Waals surface area contributed by atoms with Crippen molar-refractivity contribution in [3.8, 4) is 0 Å². The quantitative estimate of drug-likeness (QED) is 0.770. The number of nitrogens with zero attached hydrogens (tertiary/aromatic N) is 1. The van der Waals surface area contributed by atoms with Crippen molar-refractivity contribution in [2.24, 2.45) is 0 Å². The van der Waals surface area contributed by atoms with Crippen LogP contribution in [-0.4, -0.2) is 36.7 Å². The molecule has 1 fully saturated rings. The van der Waals surface area contributed by atoms with Crippen LogP contribution in [0.2, 0.25) is 0 Å². The van der Waals surface area contributed by atoms with E-state index >= 15 is 0 Å². The summed E-state index contributed by atoms with van der Waals surface area (Å²) in [6, 6.07) is 0.131. The SMILES string of the molecule is CCC1(OC)CCCN(C(C2=CC=CCC2)C2=COC=CO2)C1. The van der Waals surface area contributed by atoms with Crippen molar-refractivity contribution in [1.29, 1.82) is 0 Å². The molecule has 0 aromatic rings. The molecule has 0 aromatic carbocycles. The van der Waals surface area contributed by atoms with Crippen molar-refractivity contribution >= 4 is 0 Å². The molecule has 2 heterocycles. The zero-order valence-electron chi connectivity index (χ0n) is 14.2. The molecule has 0 saturated carbocycles. The number of hydrogen-bond donors (Lipinski definition) is 0. The standard InChI is InChI=1S/C19H27NO3/c1-3-19(21-2)10-7-11-20(15-19)18(16-8-5-4-6-9-16)17-14-22-12-13-23-17/h4-5,8,12-14,18H,3,6-7,9-11,15H2,1-2H3. The molecule has 4 nitrogen and oxygen atoms in total. The molecule has 3 rings (SSSR count). The molecule has 23 heavy (non-hydrogen) atoms. The lowest BCUT2D eigenvalue weighted by atomic mass is 9.86. The Morgan fingerprint density at radius 2 is 2.30 bits per heavy atom. The smallest absolute Gasteiger partial charge is 0.160 e. The van der Waals surface area contributed by atoms with E-state index in [1.54, 1.807) is 18.8 Å². The number of rotatable bonds is 5. The number of hydrogen-bond acceptors (Lipinski definition) is 4. The van der Waals surface area contributed by atoms with Gasteiger partial charge in [0.2, 0.25) is 0 Å². The summed E-state index contributed by atoms with van der Waals surface area (Å²) in [6.45, 7) is 4.20. The van der Waals surface area contributed by atoms with E-state index < -0.39 is 0 Å². The molecule has 1 aliphatic carbocycles. The lowest BCUT2D eigenvalue weighted by molar-refractivity contribution is -0.0738. The van der Waals surface area contributed by atoms with Gasteiger partial charge in [-0.3, -0.25) is 4.90 Å². The molecule has 3 aliphatic rings. The Bertz CT molecular complexity index is 529. The van der Waals surface area contributed by atoms with Crippen LogP contribution >= 0.6 is 0 Å². The van der Waals surface area contributed by atoms with Gasteiger partial charge in [0.1, 0.15) is 18.8 Å². The van der Waals surface area contributed by atoms with Gasteiger partial charge < -0.3 is 14.2 Å². The van der Waals surface area contributed by atoms with E-state index in [9.17, 15) is 0 Å². The lowest BCUT2D eigenvalue weighted by Crippen LogP contribution is -2.53. The van der Waals surface area contributed by atoms with E-state index in [1.807, 2.05) is 7.11 Å². The van der Waals surface area contributed by atoms with Crippen LogP contribution in [0.5, 0.6) is 0 Å². The first-order valence-corrected chi connectivity index (χ1v) is 8.60. The molecule has 0 spiro atoms. The second-order valence-electron chi connectivity index (χ2n) is 6.47. The van der Waals surface area contributed by atoms with Crippen LogP contribution < -0.4 is 0 Å². The van der Waals surface area contributed by atoms with Crippen molar-refractivity contribution in [2.75, 3.05) is 20.2 Å². The minimum atomic E-state index is -0.0481. The van der Waals surface area contributed by atoms with Gasteiger partial charge in [0.05, 0.1) is 11.6 Å². The normalized spacial score (nSPS) is 29.3. The largest absolute Gasteiger partial charge is 0.466 e. The second kappa shape index (κ2) is 7.37. The van der Waals surface area contributed by atoms with E-state index in [-0.39, 0.29) is 11.6 Å². The van der Waals surface area contributed by atoms with Crippen molar-refractivity contribution in [1.82, 2.24) is 4.90 Å². The maximum atomic E-state index is 5.90. The fraction of sp³-hybridized carbons (Fsp3) is 0.579. The van der Waals surface area contributed by atoms with Crippen LogP contribution in [0.25, 0.3) is 0 Å². The van der Waals surface area contributed by atoms with E-state index in [2.05, 4.69) is 30.1 Å². The molecule has 4 heteroatoms. The number of allylic oxidation sites excluding steroid dienone is 3. The fourth-order valence-corrected chi connectivity index (χ4v) is 3.80. The average molecular weight is 317 g/mol. The van der Waals surface area contributed by atoms with Gasteiger partial charge in [0.15, 0.2) is 5.76 Å². The maximum Gasteiger partial charge on any atom is 0.160 e. The Morgan fingerprint density at radius 1 is 1.39 bits per heavy atom. The summed E-state index contributed by atoms with van der Waals surface area (Å²) in [7, 11) is 1.84. The minimum Gasteiger partial charge on any atom is -0.466 e. The highest BCUT2D eigenvalue weighted by Gasteiger charge is 2.39. The molecule has 0 aromatic heterocycles. The second-order valence-corrected chi connectivity index (χ2v) is 6.47. The van der Waals surface area contributed by atoms with Gasteiger partial charge in [0.25, 0.3) is 0 Å². The Labute approximate surface area is 139 Å². The molecule has 0 N–H and O–H groups in total. The molecule has 0 bridgehead atoms. The first-order chi connectivity index (χ1) is 11.3. The molecule has 0 amide bonds. The first-order valence-electron chi connectivity index (χ1n) is 8.60. The summed E-state index contributed by atoms with van der Waals surface area (Å²) in [5.74, 6) is 0.872. The third-order valence-electron chi connectivity index (χ3n) is 5.20. The van der Waals surface area contributed by atoms with Crippen LogP contribution in [0.3, 0.4) is 0 Å². The highest BCUT2D eigenvalue weighted by atomic mass is 16.5. The number of ether oxygens (including phenoxy) is 3. The van der Waals surface area contributed by atoms with Crippen LogP contribution in [0, 0.1) is 0 Å². The molecule has 0 radical (unpaired) electrons. The van der Waals surface area contributed by atoms with Gasteiger partial charge in [-0.25, -0.2) is 0 Å². The van der Waals surface area contributed by atoms with E-state index in [0.29, 0.717) is 0 Å². The van der Waals surface area contributed by atoms with Gasteiger partial charge in [-0.2, -0.15) is 0 Å². The highest BCUT2D eigenvalue weighted by molar-refractivity contribution is 5.30. The maximum absolute atomic E-state index is 5.90. The van der Waals surface area contributed by atoms with E-state index in [0.717, 1.165) is 51.0 Å². The van der Waals surface area contributed by atoms with E-state index in [1.165, 1.54) is 5.57 Å². The summed E-state index contributed by atoms with van der Waals surface area (Å²) in [4.78, 5) is 2.50. The molecular formula is C19H27NO3. The van der Waals surface area contributed by atoms with Gasteiger partial charge in [-0.1, -0.05) is 25.2 Å². The van der Waals surface area contributed by atoms with Gasteiger partial charge in [0, 0.05) is 13.7 Å². The van der Waals surface area contributed by atoms with E-state index in [4.69, 9.17) is 14.2 Å². The average Bonchev–Trinajstić information content (AvgIpc) is 2.64. The summed E-state index contributed by atoms with van der Waals surface area (Å²) in [6.07, 6.45) is 17.0. The Hall–Kier alpha value is -1.52. The Balaban J connectivity index is 1.87. The Morgan fingerprint density at radius 3 is 2.96 bits per heavy atom. The third-order valence-corrected chi connectivity index (χ3v) is 5.20. The van der Waals surface area contributed by atoms with Crippen LogP contribution in [-0.2, 0) is 14.2 Å². The zero-order chi connectivity index (χ0) is 16.1. The fourth-order valence-electron chi connectivity index (χ4n) is 3.80. The number of likely N-dealkylation sites (tertiary alicyclic amines) is 1. The summed E-state index contributed by atoms with van der Waals surface area (Å²) in [5.41, 5.74) is 1.34. The van der Waals surface area contributed by atoms with Crippen molar-refractivity contribution in [3.05, 3.63) is 48.3 Å². The number of piperidine rings is 1. The molecule has 1 saturated heterocycles. The molecule has 2 unspecified atom stereocenters. The zero-order valence-corrected chi connectivity index (χ0v) is 14.2. The topological polar surface area (TPSA) is 30.9 Å². The summed E-state index contributed by atoms with van der Waals surface area (Å²) < 4.78 is 17.1. The van der Waals surface area contributed by atoms with Crippen LogP contribution in [0.1, 0.15) is 39.0 Å². The predicted octanol–water partition coefficient (Wildman–Crippen LogP) is 3.88. The van der Waals surface area contributed by atoms with Crippen molar-refractivity contribution in [2.45, 2.75) is 50.7 Å². The van der Waals surface area contributed by atoms with Crippen LogP contribution in [0.15, 0.2) is 48.3 Å². The molecule has 2 atom stereocenters. The number of methoxy groups -OCH3 is 1. The molecule has 126 valence electrons.